The van der Waals surface area contributed by atoms with Gasteiger partial charge < -0.3 is 24.8 Å². The van der Waals surface area contributed by atoms with Crippen LogP contribution in [0.4, 0.5) is 5.82 Å². The minimum atomic E-state index is -0.288. The Kier molecular flexibility index (Phi) is 7.00. The first-order chi connectivity index (χ1) is 15.4. The molecule has 0 aliphatic rings. The molecule has 0 fully saturated rings. The van der Waals surface area contributed by atoms with Crippen LogP contribution in [0.2, 0.25) is 0 Å². The molecule has 2 N–H and O–H groups in total. The first kappa shape index (κ1) is 22.7. The maximum Gasteiger partial charge on any atom is 0.251 e. The van der Waals surface area contributed by atoms with E-state index in [1.807, 2.05) is 26.0 Å². The summed E-state index contributed by atoms with van der Waals surface area (Å²) in [4.78, 5) is 17.2. The molecule has 1 amide bonds. The van der Waals surface area contributed by atoms with Crippen molar-refractivity contribution in [2.24, 2.45) is 0 Å². The van der Waals surface area contributed by atoms with Crippen LogP contribution in [0.5, 0.6) is 17.2 Å². The van der Waals surface area contributed by atoms with Crippen LogP contribution >= 0.6 is 0 Å². The fourth-order valence-electron chi connectivity index (χ4n) is 3.52. The predicted molar refractivity (Wildman–Crippen MR) is 123 cm³/mol. The number of nitrogens with one attached hydrogen (secondary N) is 2. The second-order valence-corrected chi connectivity index (χ2v) is 7.24. The molecular formula is C24H26N4O4. The molecule has 166 valence electrons. The Labute approximate surface area is 187 Å². The van der Waals surface area contributed by atoms with Gasteiger partial charge in [0.15, 0.2) is 11.5 Å². The van der Waals surface area contributed by atoms with Crippen molar-refractivity contribution in [3.8, 4) is 23.3 Å². The summed E-state index contributed by atoms with van der Waals surface area (Å²) in [5, 5.41) is 16.5. The zero-order valence-electron chi connectivity index (χ0n) is 18.8. The number of hydrogen-bond acceptors (Lipinski definition) is 7. The van der Waals surface area contributed by atoms with Gasteiger partial charge in [0, 0.05) is 24.0 Å². The fourth-order valence-corrected chi connectivity index (χ4v) is 3.52. The minimum absolute atomic E-state index is 0.288. The average molecular weight is 434 g/mol. The summed E-state index contributed by atoms with van der Waals surface area (Å²) in [5.41, 5.74) is 3.85. The monoisotopic (exact) mass is 434 g/mol. The van der Waals surface area contributed by atoms with Crippen LogP contribution in [0, 0.1) is 25.2 Å². The maximum atomic E-state index is 12.6. The molecule has 32 heavy (non-hydrogen) atoms. The maximum absolute atomic E-state index is 12.6. The highest BCUT2D eigenvalue weighted by Crippen LogP contribution is 2.38. The number of anilines is 1. The summed E-state index contributed by atoms with van der Waals surface area (Å²) in [7, 11) is 4.50. The van der Waals surface area contributed by atoms with Crippen LogP contribution in [0.3, 0.4) is 0 Å². The van der Waals surface area contributed by atoms with Gasteiger partial charge in [0.2, 0.25) is 5.75 Å². The van der Waals surface area contributed by atoms with Crippen LogP contribution in [0.15, 0.2) is 30.3 Å². The number of amides is 1. The first-order valence-electron chi connectivity index (χ1n) is 10.1. The van der Waals surface area contributed by atoms with Crippen molar-refractivity contribution in [3.05, 3.63) is 52.6 Å². The van der Waals surface area contributed by atoms with E-state index in [-0.39, 0.29) is 5.91 Å². The lowest BCUT2D eigenvalue weighted by molar-refractivity contribution is 0.0954. The smallest absolute Gasteiger partial charge is 0.251 e. The summed E-state index contributed by atoms with van der Waals surface area (Å²) in [6, 6.07) is 11.3. The lowest BCUT2D eigenvalue weighted by atomic mass is 10.0. The van der Waals surface area contributed by atoms with E-state index in [0.717, 1.165) is 22.0 Å². The van der Waals surface area contributed by atoms with Gasteiger partial charge in [0.05, 0.1) is 32.4 Å². The molecular weight excluding hydrogens is 408 g/mol. The molecule has 3 aromatic rings. The molecule has 8 nitrogen and oxygen atoms in total. The van der Waals surface area contributed by atoms with Gasteiger partial charge in [-0.1, -0.05) is 6.07 Å². The number of pyridine rings is 1. The highest BCUT2D eigenvalue weighted by atomic mass is 16.5. The number of aryl methyl sites for hydroxylation is 2. The van der Waals surface area contributed by atoms with Gasteiger partial charge in [-0.2, -0.15) is 5.26 Å². The molecule has 1 heterocycles. The molecule has 0 unspecified atom stereocenters. The van der Waals surface area contributed by atoms with E-state index < -0.39 is 0 Å². The topological polar surface area (TPSA) is 106 Å². The second kappa shape index (κ2) is 9.88. The second-order valence-electron chi connectivity index (χ2n) is 7.24. The number of methoxy groups -OCH3 is 3. The highest BCUT2D eigenvalue weighted by Gasteiger charge is 2.17. The Bertz CT molecular complexity index is 1180. The Morgan fingerprint density at radius 2 is 1.69 bits per heavy atom. The number of carbonyl (C=O) groups excluding carboxylic acids is 1. The van der Waals surface area contributed by atoms with E-state index in [4.69, 9.17) is 14.2 Å². The summed E-state index contributed by atoms with van der Waals surface area (Å²) in [5.74, 6) is 1.43. The lowest BCUT2D eigenvalue weighted by Crippen LogP contribution is -2.29. The molecule has 0 atom stereocenters. The van der Waals surface area contributed by atoms with Crippen molar-refractivity contribution in [1.82, 2.24) is 10.3 Å². The number of ether oxygens (including phenoxy) is 3. The number of aromatic nitrogens is 1. The molecule has 0 radical (unpaired) electrons. The standard InChI is InChI=1S/C24H26N4O4/c1-14-8-15(2)18-10-17(13-25)23(28-19(18)9-14)26-6-7-27-24(29)16-11-20(30-3)22(32-5)21(12-16)31-4/h8-12H,6-7H2,1-5H3,(H,26,28)(H,27,29). The van der Waals surface area contributed by atoms with E-state index in [1.54, 1.807) is 12.1 Å². The van der Waals surface area contributed by atoms with E-state index in [2.05, 4.69) is 27.8 Å². The lowest BCUT2D eigenvalue weighted by Gasteiger charge is -2.14. The Hall–Kier alpha value is -3.99. The van der Waals surface area contributed by atoms with Gasteiger partial charge in [-0.05, 0) is 49.2 Å². The van der Waals surface area contributed by atoms with Gasteiger partial charge in [-0.3, -0.25) is 4.79 Å². The van der Waals surface area contributed by atoms with Crippen molar-refractivity contribution in [2.75, 3.05) is 39.7 Å². The molecule has 0 spiro atoms. The van der Waals surface area contributed by atoms with Crippen molar-refractivity contribution in [1.29, 1.82) is 5.26 Å². The number of carbonyl (C=O) groups is 1. The summed E-state index contributed by atoms with van der Waals surface area (Å²) in [6.45, 7) is 4.74. The van der Waals surface area contributed by atoms with E-state index in [0.29, 0.717) is 47.3 Å². The molecule has 1 aromatic heterocycles. The van der Waals surface area contributed by atoms with Gasteiger partial charge in [-0.25, -0.2) is 4.98 Å². The Morgan fingerprint density at radius 1 is 1.00 bits per heavy atom. The third-order valence-corrected chi connectivity index (χ3v) is 5.04. The molecule has 2 aromatic carbocycles. The van der Waals surface area contributed by atoms with Crippen LogP contribution in [-0.2, 0) is 0 Å². The zero-order chi connectivity index (χ0) is 23.3. The van der Waals surface area contributed by atoms with Gasteiger partial charge in [-0.15, -0.1) is 0 Å². The minimum Gasteiger partial charge on any atom is -0.493 e. The quantitative estimate of drug-likeness (QED) is 0.522. The number of rotatable bonds is 8. The highest BCUT2D eigenvalue weighted by molar-refractivity contribution is 5.95. The first-order valence-corrected chi connectivity index (χ1v) is 10.1. The molecule has 0 aliphatic heterocycles. The van der Waals surface area contributed by atoms with Crippen molar-refractivity contribution in [3.63, 3.8) is 0 Å². The van der Waals surface area contributed by atoms with Crippen LogP contribution < -0.4 is 24.8 Å². The zero-order valence-corrected chi connectivity index (χ0v) is 18.8. The van der Waals surface area contributed by atoms with Gasteiger partial charge >= 0.3 is 0 Å². The molecule has 0 saturated heterocycles. The third kappa shape index (κ3) is 4.67. The molecule has 0 saturated carbocycles. The number of nitriles is 1. The van der Waals surface area contributed by atoms with Crippen LogP contribution in [0.25, 0.3) is 10.9 Å². The predicted octanol–water partition coefficient (Wildman–Crippen LogP) is 3.59. The summed E-state index contributed by atoms with van der Waals surface area (Å²) in [6.07, 6.45) is 0. The van der Waals surface area contributed by atoms with E-state index in [9.17, 15) is 10.1 Å². The average Bonchev–Trinajstić information content (AvgIpc) is 2.79. The third-order valence-electron chi connectivity index (χ3n) is 5.04. The van der Waals surface area contributed by atoms with Crippen LogP contribution in [-0.4, -0.2) is 45.3 Å². The van der Waals surface area contributed by atoms with Gasteiger partial charge in [0.1, 0.15) is 11.9 Å². The molecule has 0 aliphatic carbocycles. The number of benzene rings is 2. The van der Waals surface area contributed by atoms with Crippen LogP contribution in [0.1, 0.15) is 27.0 Å². The molecule has 0 bridgehead atoms. The SMILES string of the molecule is COc1cc(C(=O)NCCNc2nc3cc(C)cc(C)c3cc2C#N)cc(OC)c1OC. The van der Waals surface area contributed by atoms with Crippen molar-refractivity contribution in [2.45, 2.75) is 13.8 Å². The number of hydrogen-bond donors (Lipinski definition) is 2. The van der Waals surface area contributed by atoms with Crippen molar-refractivity contribution >= 4 is 22.6 Å². The largest absolute Gasteiger partial charge is 0.493 e. The summed E-state index contributed by atoms with van der Waals surface area (Å²) < 4.78 is 15.9. The molecule has 8 heteroatoms. The Morgan fingerprint density at radius 3 is 2.28 bits per heavy atom. The number of fused-ring (bicyclic) bond motifs is 1. The normalized spacial score (nSPS) is 10.4. The Balaban J connectivity index is 1.70. The molecule has 3 rings (SSSR count). The number of nitrogens with zero attached hydrogens (tertiary/aromatic N) is 2. The van der Waals surface area contributed by atoms with E-state index in [1.165, 1.54) is 21.3 Å². The fraction of sp³-hybridized carbons (Fsp3) is 0.292. The summed E-state index contributed by atoms with van der Waals surface area (Å²) >= 11 is 0. The van der Waals surface area contributed by atoms with Gasteiger partial charge in [0.25, 0.3) is 5.91 Å². The van der Waals surface area contributed by atoms with Crippen molar-refractivity contribution < 1.29 is 19.0 Å². The van der Waals surface area contributed by atoms with E-state index >= 15 is 0 Å².